The van der Waals surface area contributed by atoms with Crippen molar-refractivity contribution in [3.63, 3.8) is 0 Å². The van der Waals surface area contributed by atoms with Gasteiger partial charge in [0.15, 0.2) is 0 Å². The van der Waals surface area contributed by atoms with Crippen LogP contribution in [-0.2, 0) is 16.8 Å². The van der Waals surface area contributed by atoms with E-state index in [2.05, 4.69) is 10.3 Å². The summed E-state index contributed by atoms with van der Waals surface area (Å²) >= 11 is 5.93. The maximum absolute atomic E-state index is 12.3. The summed E-state index contributed by atoms with van der Waals surface area (Å²) in [5.74, 6) is -0.0437. The standard InChI is InChI=1S/C20H22ClN3O2/c1-20(2,14-7-9-15(21)10-8-14)13-18(25)22-11-12-24-17-6-4-3-5-16(17)23-19(24)26/h3-10H,11-13H2,1-2H3,(H,22,25)(H,23,26). The number of halogens is 1. The quantitative estimate of drug-likeness (QED) is 0.696. The third kappa shape index (κ3) is 3.99. The van der Waals surface area contributed by atoms with Crippen LogP contribution in [0.15, 0.2) is 53.3 Å². The zero-order valence-electron chi connectivity index (χ0n) is 14.9. The van der Waals surface area contributed by atoms with Gasteiger partial charge in [0.05, 0.1) is 11.0 Å². The van der Waals surface area contributed by atoms with Crippen molar-refractivity contribution >= 4 is 28.5 Å². The number of nitrogens with one attached hydrogen (secondary N) is 2. The smallest absolute Gasteiger partial charge is 0.326 e. The highest BCUT2D eigenvalue weighted by Crippen LogP contribution is 2.27. The summed E-state index contributed by atoms with van der Waals surface area (Å²) in [5.41, 5.74) is 2.24. The molecule has 0 spiro atoms. The highest BCUT2D eigenvalue weighted by molar-refractivity contribution is 6.30. The lowest BCUT2D eigenvalue weighted by Gasteiger charge is -2.24. The van der Waals surface area contributed by atoms with Crippen LogP contribution in [0.5, 0.6) is 0 Å². The third-order valence-corrected chi connectivity index (χ3v) is 4.82. The topological polar surface area (TPSA) is 66.9 Å². The Hall–Kier alpha value is -2.53. The van der Waals surface area contributed by atoms with Crippen molar-refractivity contribution in [2.75, 3.05) is 6.54 Å². The van der Waals surface area contributed by atoms with E-state index in [1.807, 2.05) is 62.4 Å². The number of carbonyl (C=O) groups excluding carboxylic acids is 1. The largest absolute Gasteiger partial charge is 0.354 e. The predicted molar refractivity (Wildman–Crippen MR) is 105 cm³/mol. The summed E-state index contributed by atoms with van der Waals surface area (Å²) in [6.07, 6.45) is 0.359. The predicted octanol–water partition coefficient (Wildman–Crippen LogP) is 3.47. The first-order valence-electron chi connectivity index (χ1n) is 8.57. The van der Waals surface area contributed by atoms with Crippen molar-refractivity contribution in [3.05, 3.63) is 69.6 Å². The van der Waals surface area contributed by atoms with Crippen LogP contribution in [0.2, 0.25) is 5.02 Å². The Labute approximate surface area is 157 Å². The normalized spacial score (nSPS) is 11.7. The van der Waals surface area contributed by atoms with Crippen LogP contribution in [0.1, 0.15) is 25.8 Å². The van der Waals surface area contributed by atoms with Crippen LogP contribution in [0.25, 0.3) is 11.0 Å². The number of hydrogen-bond donors (Lipinski definition) is 2. The lowest BCUT2D eigenvalue weighted by Crippen LogP contribution is -2.34. The molecule has 3 aromatic rings. The maximum atomic E-state index is 12.3. The number of para-hydroxylation sites is 2. The third-order valence-electron chi connectivity index (χ3n) is 4.57. The number of aromatic amines is 1. The zero-order chi connectivity index (χ0) is 18.7. The molecule has 6 heteroatoms. The Morgan fingerprint density at radius 3 is 2.58 bits per heavy atom. The number of carbonyl (C=O) groups is 1. The summed E-state index contributed by atoms with van der Waals surface area (Å²) in [6, 6.07) is 15.1. The molecule has 0 aliphatic carbocycles. The first-order valence-corrected chi connectivity index (χ1v) is 8.95. The number of nitrogens with zero attached hydrogens (tertiary/aromatic N) is 1. The van der Waals surface area contributed by atoms with Gasteiger partial charge in [0, 0.05) is 24.5 Å². The second-order valence-corrected chi connectivity index (χ2v) is 7.45. The molecule has 5 nitrogen and oxygen atoms in total. The van der Waals surface area contributed by atoms with E-state index in [9.17, 15) is 9.59 Å². The number of rotatable bonds is 6. The maximum Gasteiger partial charge on any atom is 0.326 e. The van der Waals surface area contributed by atoms with Crippen LogP contribution in [0, 0.1) is 0 Å². The summed E-state index contributed by atoms with van der Waals surface area (Å²) in [6.45, 7) is 4.88. The van der Waals surface area contributed by atoms with E-state index >= 15 is 0 Å². The highest BCUT2D eigenvalue weighted by atomic mass is 35.5. The minimum Gasteiger partial charge on any atom is -0.354 e. The highest BCUT2D eigenvalue weighted by Gasteiger charge is 2.24. The van der Waals surface area contributed by atoms with E-state index in [1.165, 1.54) is 0 Å². The molecule has 0 fully saturated rings. The average Bonchev–Trinajstić information content (AvgIpc) is 2.90. The molecule has 1 heterocycles. The van der Waals surface area contributed by atoms with Gasteiger partial charge >= 0.3 is 5.69 Å². The second-order valence-electron chi connectivity index (χ2n) is 7.02. The monoisotopic (exact) mass is 371 g/mol. The molecule has 0 radical (unpaired) electrons. The first kappa shape index (κ1) is 18.3. The molecule has 1 amide bonds. The molecule has 0 aliphatic rings. The van der Waals surface area contributed by atoms with Crippen LogP contribution in [0.3, 0.4) is 0 Å². The van der Waals surface area contributed by atoms with Gasteiger partial charge in [-0.25, -0.2) is 4.79 Å². The van der Waals surface area contributed by atoms with Crippen LogP contribution < -0.4 is 11.0 Å². The van der Waals surface area contributed by atoms with Gasteiger partial charge < -0.3 is 10.3 Å². The first-order chi connectivity index (χ1) is 12.4. The second kappa shape index (κ2) is 7.38. The van der Waals surface area contributed by atoms with E-state index < -0.39 is 0 Å². The van der Waals surface area contributed by atoms with Gasteiger partial charge in [0.25, 0.3) is 0 Å². The van der Waals surface area contributed by atoms with Crippen molar-refractivity contribution < 1.29 is 4.79 Å². The number of H-pyrrole nitrogens is 1. The SMILES string of the molecule is CC(C)(CC(=O)NCCn1c(=O)[nH]c2ccccc21)c1ccc(Cl)cc1. The minimum absolute atomic E-state index is 0.0437. The van der Waals surface area contributed by atoms with Crippen molar-refractivity contribution in [1.29, 1.82) is 0 Å². The van der Waals surface area contributed by atoms with Gasteiger partial charge in [-0.3, -0.25) is 9.36 Å². The van der Waals surface area contributed by atoms with Crippen molar-refractivity contribution in [1.82, 2.24) is 14.9 Å². The molecule has 2 N–H and O–H groups in total. The molecule has 3 rings (SSSR count). The molecule has 1 aromatic heterocycles. The Kier molecular flexibility index (Phi) is 5.18. The number of amides is 1. The van der Waals surface area contributed by atoms with Gasteiger partial charge in [0.1, 0.15) is 0 Å². The fraction of sp³-hybridized carbons (Fsp3) is 0.300. The number of imidazole rings is 1. The molecule has 0 bridgehead atoms. The van der Waals surface area contributed by atoms with Crippen LogP contribution >= 0.6 is 11.6 Å². The minimum atomic E-state index is -0.299. The Balaban J connectivity index is 1.59. The Morgan fingerprint density at radius 1 is 1.15 bits per heavy atom. The van der Waals surface area contributed by atoms with E-state index in [0.717, 1.165) is 16.6 Å². The molecule has 0 saturated heterocycles. The number of aromatic nitrogens is 2. The zero-order valence-corrected chi connectivity index (χ0v) is 15.6. The fourth-order valence-electron chi connectivity index (χ4n) is 3.10. The average molecular weight is 372 g/mol. The number of hydrogen-bond acceptors (Lipinski definition) is 2. The van der Waals surface area contributed by atoms with Crippen LogP contribution in [0.4, 0.5) is 0 Å². The molecular weight excluding hydrogens is 350 g/mol. The Morgan fingerprint density at radius 2 is 1.85 bits per heavy atom. The van der Waals surface area contributed by atoms with Gasteiger partial charge in [-0.05, 0) is 35.2 Å². The number of benzene rings is 2. The molecule has 0 saturated carbocycles. The fourth-order valence-corrected chi connectivity index (χ4v) is 3.23. The van der Waals surface area contributed by atoms with Gasteiger partial charge in [-0.2, -0.15) is 0 Å². The van der Waals surface area contributed by atoms with E-state index in [1.54, 1.807) is 4.57 Å². The summed E-state index contributed by atoms with van der Waals surface area (Å²) < 4.78 is 1.64. The lowest BCUT2D eigenvalue weighted by atomic mass is 9.81. The van der Waals surface area contributed by atoms with Crippen molar-refractivity contribution in [2.45, 2.75) is 32.2 Å². The molecule has 0 unspecified atom stereocenters. The number of fused-ring (bicyclic) bond motifs is 1. The summed E-state index contributed by atoms with van der Waals surface area (Å²) in [7, 11) is 0. The molecule has 26 heavy (non-hydrogen) atoms. The molecule has 0 aliphatic heterocycles. The molecular formula is C20H22ClN3O2. The van der Waals surface area contributed by atoms with Gasteiger partial charge in [0.2, 0.25) is 5.91 Å². The summed E-state index contributed by atoms with van der Waals surface area (Å²) in [4.78, 5) is 27.2. The van der Waals surface area contributed by atoms with Crippen molar-refractivity contribution in [3.8, 4) is 0 Å². The lowest BCUT2D eigenvalue weighted by molar-refractivity contribution is -0.122. The van der Waals surface area contributed by atoms with E-state index in [4.69, 9.17) is 11.6 Å². The van der Waals surface area contributed by atoms with Gasteiger partial charge in [-0.15, -0.1) is 0 Å². The van der Waals surface area contributed by atoms with Crippen LogP contribution in [-0.4, -0.2) is 22.0 Å². The van der Waals surface area contributed by atoms with E-state index in [0.29, 0.717) is 24.5 Å². The molecule has 136 valence electrons. The summed E-state index contributed by atoms with van der Waals surface area (Å²) in [5, 5.41) is 3.59. The molecule has 2 aromatic carbocycles. The van der Waals surface area contributed by atoms with E-state index in [-0.39, 0.29) is 17.0 Å². The molecule has 0 atom stereocenters. The van der Waals surface area contributed by atoms with Gasteiger partial charge in [-0.1, -0.05) is 49.7 Å². The Bertz CT molecular complexity index is 971. The van der Waals surface area contributed by atoms with Crippen molar-refractivity contribution in [2.24, 2.45) is 0 Å².